The lowest BCUT2D eigenvalue weighted by molar-refractivity contribution is -0.173. The van der Waals surface area contributed by atoms with Crippen molar-refractivity contribution in [2.45, 2.75) is 44.1 Å². The van der Waals surface area contributed by atoms with Crippen molar-refractivity contribution in [3.8, 4) is 0 Å². The van der Waals surface area contributed by atoms with Crippen LogP contribution >= 0.6 is 11.6 Å². The van der Waals surface area contributed by atoms with Crippen LogP contribution in [0.15, 0.2) is 29.2 Å². The smallest absolute Gasteiger partial charge is 0.309 e. The van der Waals surface area contributed by atoms with Gasteiger partial charge in [0.2, 0.25) is 0 Å². The molecule has 2 aromatic rings. The average molecular weight is 436 g/mol. The Morgan fingerprint density at radius 2 is 1.90 bits per heavy atom. The lowest BCUT2D eigenvalue weighted by atomic mass is 9.47. The highest BCUT2D eigenvalue weighted by Crippen LogP contribution is 2.63. The first-order valence-corrected chi connectivity index (χ1v) is 10.3. The second-order valence-corrected chi connectivity index (χ2v) is 9.49. The van der Waals surface area contributed by atoms with Gasteiger partial charge >= 0.3 is 5.97 Å². The molecule has 0 saturated heterocycles. The largest absolute Gasteiger partial charge is 0.481 e. The Balaban J connectivity index is 1.53. The Morgan fingerprint density at radius 1 is 1.20 bits per heavy atom. The van der Waals surface area contributed by atoms with E-state index < -0.39 is 34.1 Å². The van der Waals surface area contributed by atoms with Crippen LogP contribution in [0.2, 0.25) is 5.02 Å². The number of anilines is 2. The van der Waals surface area contributed by atoms with Gasteiger partial charge in [0.1, 0.15) is 16.7 Å². The third-order valence-electron chi connectivity index (χ3n) is 7.05. The van der Waals surface area contributed by atoms with E-state index in [1.165, 1.54) is 16.9 Å². The topological polar surface area (TPSA) is 84.2 Å². The predicted molar refractivity (Wildman–Crippen MR) is 106 cm³/mol. The minimum atomic E-state index is -0.820. The molecule has 4 saturated carbocycles. The molecule has 4 aliphatic rings. The minimum Gasteiger partial charge on any atom is -0.481 e. The zero-order valence-electron chi connectivity index (χ0n) is 16.0. The van der Waals surface area contributed by atoms with Crippen LogP contribution in [-0.4, -0.2) is 20.9 Å². The molecule has 4 bridgehead atoms. The van der Waals surface area contributed by atoms with E-state index in [9.17, 15) is 23.5 Å². The van der Waals surface area contributed by atoms with E-state index in [2.05, 4.69) is 10.4 Å². The Hall–Kier alpha value is -2.48. The van der Waals surface area contributed by atoms with Gasteiger partial charge in [0.05, 0.1) is 28.5 Å². The fourth-order valence-corrected chi connectivity index (χ4v) is 6.48. The number of aliphatic carboxylic acids is 1. The first-order chi connectivity index (χ1) is 14.2. The number of aromatic nitrogens is 2. The third-order valence-corrected chi connectivity index (χ3v) is 7.42. The Kier molecular flexibility index (Phi) is 4.23. The molecule has 0 aliphatic heterocycles. The molecule has 1 heterocycles. The molecule has 2 N–H and O–H groups in total. The fraction of sp³-hybridized carbons (Fsp3) is 0.476. The molecular weight excluding hydrogens is 416 g/mol. The summed E-state index contributed by atoms with van der Waals surface area (Å²) in [7, 11) is 0. The van der Waals surface area contributed by atoms with Gasteiger partial charge < -0.3 is 10.4 Å². The number of halogens is 3. The van der Waals surface area contributed by atoms with Gasteiger partial charge in [-0.25, -0.2) is 13.5 Å². The van der Waals surface area contributed by atoms with Crippen LogP contribution in [0.1, 0.15) is 38.5 Å². The summed E-state index contributed by atoms with van der Waals surface area (Å²) in [6.07, 6.45) is 5.41. The number of hydrogen-bond donors (Lipinski definition) is 2. The Labute approximate surface area is 175 Å². The summed E-state index contributed by atoms with van der Waals surface area (Å²) in [6.45, 7) is 0. The van der Waals surface area contributed by atoms with Crippen molar-refractivity contribution in [2.75, 3.05) is 5.32 Å². The van der Waals surface area contributed by atoms with Gasteiger partial charge in [-0.15, -0.1) is 0 Å². The van der Waals surface area contributed by atoms with Crippen molar-refractivity contribution in [3.05, 3.63) is 51.4 Å². The molecular formula is C21H20ClF2N3O3. The summed E-state index contributed by atoms with van der Waals surface area (Å²) in [4.78, 5) is 25.2. The number of rotatable bonds is 4. The minimum absolute atomic E-state index is 0.0307. The van der Waals surface area contributed by atoms with Crippen molar-refractivity contribution in [1.29, 1.82) is 0 Å². The maximum atomic E-state index is 14.0. The second-order valence-electron chi connectivity index (χ2n) is 9.11. The summed E-state index contributed by atoms with van der Waals surface area (Å²) >= 11 is 6.32. The van der Waals surface area contributed by atoms with Gasteiger partial charge in [0.25, 0.3) is 5.56 Å². The summed E-state index contributed by atoms with van der Waals surface area (Å²) in [5.41, 5.74) is -1.93. The van der Waals surface area contributed by atoms with Crippen LogP contribution in [0.3, 0.4) is 0 Å². The van der Waals surface area contributed by atoms with E-state index in [0.29, 0.717) is 32.1 Å². The zero-order valence-corrected chi connectivity index (χ0v) is 16.8. The van der Waals surface area contributed by atoms with Crippen LogP contribution in [0.25, 0.3) is 0 Å². The zero-order chi connectivity index (χ0) is 21.3. The number of nitrogens with zero attached hydrogens (tertiary/aromatic N) is 2. The fourth-order valence-electron chi connectivity index (χ4n) is 6.31. The summed E-state index contributed by atoms with van der Waals surface area (Å²) in [5, 5.41) is 16.8. The van der Waals surface area contributed by atoms with E-state index in [1.807, 2.05) is 0 Å². The molecule has 0 radical (unpaired) electrons. The number of carboxylic acid groups (broad SMARTS) is 1. The summed E-state index contributed by atoms with van der Waals surface area (Å²) in [6, 6.07) is 3.03. The van der Waals surface area contributed by atoms with E-state index in [-0.39, 0.29) is 28.2 Å². The monoisotopic (exact) mass is 435 g/mol. The van der Waals surface area contributed by atoms with Gasteiger partial charge in [0, 0.05) is 6.07 Å². The molecule has 4 fully saturated rings. The molecule has 1 aromatic carbocycles. The summed E-state index contributed by atoms with van der Waals surface area (Å²) < 4.78 is 28.5. The molecule has 2 atom stereocenters. The number of carboxylic acids is 1. The standard InChI is InChI=1S/C21H20ClF2N3O3/c22-17-16(26-15-2-1-13(23)4-14(15)24)9-25-27(18(17)28)21-7-11-3-12(8-21)6-20(5-11,10-21)19(29)30/h1-2,4,9,11-12,26H,3,5-8,10H2,(H,29,30)/t11-,12-,20?,21?/m0/s1. The van der Waals surface area contributed by atoms with E-state index >= 15 is 0 Å². The molecule has 1 aromatic heterocycles. The van der Waals surface area contributed by atoms with Crippen LogP contribution < -0.4 is 10.9 Å². The van der Waals surface area contributed by atoms with Crippen molar-refractivity contribution < 1.29 is 18.7 Å². The second kappa shape index (κ2) is 6.51. The van der Waals surface area contributed by atoms with Crippen molar-refractivity contribution in [1.82, 2.24) is 9.78 Å². The number of hydrogen-bond acceptors (Lipinski definition) is 4. The first-order valence-electron chi connectivity index (χ1n) is 9.95. The molecule has 30 heavy (non-hydrogen) atoms. The van der Waals surface area contributed by atoms with Crippen LogP contribution in [-0.2, 0) is 10.3 Å². The third kappa shape index (κ3) is 2.84. The SMILES string of the molecule is O=C(O)C12C[C@@H]3C[C@@H](C1)CC(n1ncc(Nc4ccc(F)cc4F)c(Cl)c1=O)(C3)C2. The van der Waals surface area contributed by atoms with Gasteiger partial charge in [-0.05, 0) is 62.5 Å². The van der Waals surface area contributed by atoms with Gasteiger partial charge in [-0.3, -0.25) is 9.59 Å². The van der Waals surface area contributed by atoms with Gasteiger partial charge in [-0.1, -0.05) is 11.6 Å². The highest BCUT2D eigenvalue weighted by Gasteiger charge is 2.62. The first kappa shape index (κ1) is 19.5. The highest BCUT2D eigenvalue weighted by molar-refractivity contribution is 6.33. The van der Waals surface area contributed by atoms with Crippen LogP contribution in [0, 0.1) is 28.9 Å². The molecule has 6 nitrogen and oxygen atoms in total. The van der Waals surface area contributed by atoms with E-state index in [4.69, 9.17) is 11.6 Å². The van der Waals surface area contributed by atoms with Gasteiger partial charge in [-0.2, -0.15) is 5.10 Å². The number of nitrogens with one attached hydrogen (secondary N) is 1. The quantitative estimate of drug-likeness (QED) is 0.748. The molecule has 0 spiro atoms. The molecule has 9 heteroatoms. The van der Waals surface area contributed by atoms with Crippen LogP contribution in [0.5, 0.6) is 0 Å². The number of carbonyl (C=O) groups is 1. The van der Waals surface area contributed by atoms with Crippen molar-refractivity contribution >= 4 is 28.9 Å². The molecule has 0 unspecified atom stereocenters. The maximum Gasteiger partial charge on any atom is 0.309 e. The predicted octanol–water partition coefficient (Wildman–Crippen LogP) is 4.30. The lowest BCUT2D eigenvalue weighted by Crippen LogP contribution is -2.61. The van der Waals surface area contributed by atoms with E-state index in [1.54, 1.807) is 0 Å². The molecule has 4 aliphatic carbocycles. The average Bonchev–Trinajstić information content (AvgIpc) is 2.66. The van der Waals surface area contributed by atoms with Crippen molar-refractivity contribution in [3.63, 3.8) is 0 Å². The molecule has 0 amide bonds. The maximum absolute atomic E-state index is 14.0. The lowest BCUT2D eigenvalue weighted by Gasteiger charge is -2.60. The van der Waals surface area contributed by atoms with Crippen molar-refractivity contribution in [2.24, 2.45) is 17.3 Å². The summed E-state index contributed by atoms with van der Waals surface area (Å²) in [5.74, 6) is -1.83. The Bertz CT molecular complexity index is 1110. The molecule has 158 valence electrons. The Morgan fingerprint density at radius 3 is 2.53 bits per heavy atom. The normalized spacial score (nSPS) is 31.7. The molecule has 6 rings (SSSR count). The van der Waals surface area contributed by atoms with E-state index in [0.717, 1.165) is 18.6 Å². The van der Waals surface area contributed by atoms with Gasteiger partial charge in [0.15, 0.2) is 0 Å². The highest BCUT2D eigenvalue weighted by atomic mass is 35.5. The number of benzene rings is 1. The van der Waals surface area contributed by atoms with Crippen LogP contribution in [0.4, 0.5) is 20.2 Å².